The highest BCUT2D eigenvalue weighted by Crippen LogP contribution is 2.02. The Labute approximate surface area is 72.0 Å². The maximum absolute atomic E-state index is 8.17. The van der Waals surface area contributed by atoms with Gasteiger partial charge in [0, 0.05) is 18.8 Å². The highest BCUT2D eigenvalue weighted by Gasteiger charge is 1.86. The minimum Gasteiger partial charge on any atom is -0.383 e. The van der Waals surface area contributed by atoms with Crippen molar-refractivity contribution in [1.82, 2.24) is 5.32 Å². The summed E-state index contributed by atoms with van der Waals surface area (Å²) < 4.78 is 0. The predicted molar refractivity (Wildman–Crippen MR) is 48.5 cm³/mol. The zero-order chi connectivity index (χ0) is 8.65. The summed E-state index contributed by atoms with van der Waals surface area (Å²) >= 11 is 0. The fraction of sp³-hybridized carbons (Fsp3) is 0.222. The Morgan fingerprint density at radius 2 is 1.92 bits per heavy atom. The van der Waals surface area contributed by atoms with Gasteiger partial charge in [0.2, 0.25) is 0 Å². The van der Waals surface area contributed by atoms with Crippen LogP contribution in [0.3, 0.4) is 0 Å². The molecule has 0 fully saturated rings. The van der Waals surface area contributed by atoms with Gasteiger partial charge < -0.3 is 10.6 Å². The average Bonchev–Trinajstić information content (AvgIpc) is 2.14. The number of rotatable bonds is 4. The third-order valence-electron chi connectivity index (χ3n) is 1.43. The average molecular weight is 161 g/mol. The molecular formula is C9H11N3. The van der Waals surface area contributed by atoms with Gasteiger partial charge in [0.1, 0.15) is 0 Å². The highest BCUT2D eigenvalue weighted by molar-refractivity contribution is 5.42. The molecule has 12 heavy (non-hydrogen) atoms. The van der Waals surface area contributed by atoms with E-state index in [1.54, 1.807) is 0 Å². The molecule has 3 nitrogen and oxygen atoms in total. The van der Waals surface area contributed by atoms with Crippen LogP contribution in [0.15, 0.2) is 30.3 Å². The van der Waals surface area contributed by atoms with Crippen molar-refractivity contribution >= 4 is 5.69 Å². The van der Waals surface area contributed by atoms with E-state index in [0.717, 1.165) is 12.2 Å². The second-order valence-corrected chi connectivity index (χ2v) is 2.33. The van der Waals surface area contributed by atoms with Crippen molar-refractivity contribution in [3.63, 3.8) is 0 Å². The topological polar surface area (TPSA) is 47.9 Å². The zero-order valence-corrected chi connectivity index (χ0v) is 6.75. The van der Waals surface area contributed by atoms with Crippen molar-refractivity contribution in [3.05, 3.63) is 30.3 Å². The molecule has 1 aromatic rings. The molecule has 0 aliphatic rings. The normalized spacial score (nSPS) is 8.58. The van der Waals surface area contributed by atoms with Crippen molar-refractivity contribution in [2.45, 2.75) is 0 Å². The Morgan fingerprint density at radius 3 is 2.58 bits per heavy atom. The van der Waals surface area contributed by atoms with Gasteiger partial charge >= 0.3 is 0 Å². The molecule has 1 aromatic carbocycles. The largest absolute Gasteiger partial charge is 0.383 e. The zero-order valence-electron chi connectivity index (χ0n) is 6.75. The van der Waals surface area contributed by atoms with Crippen molar-refractivity contribution in [2.75, 3.05) is 18.4 Å². The first-order valence-corrected chi connectivity index (χ1v) is 3.84. The fourth-order valence-corrected chi connectivity index (χ4v) is 0.881. The van der Waals surface area contributed by atoms with Gasteiger partial charge in [-0.3, -0.25) is 0 Å². The van der Waals surface area contributed by atoms with Crippen LogP contribution >= 0.6 is 0 Å². The summed E-state index contributed by atoms with van der Waals surface area (Å²) in [5.41, 5.74) is 1.08. The van der Waals surface area contributed by atoms with Crippen LogP contribution in [0.2, 0.25) is 0 Å². The Morgan fingerprint density at radius 1 is 1.17 bits per heavy atom. The lowest BCUT2D eigenvalue weighted by molar-refractivity contribution is 0.881. The quantitative estimate of drug-likeness (QED) is 0.396. The molecule has 0 spiro atoms. The molecular weight excluding hydrogens is 150 g/mol. The number of benzene rings is 1. The predicted octanol–water partition coefficient (Wildman–Crippen LogP) is 1.17. The van der Waals surface area contributed by atoms with Gasteiger partial charge in [-0.1, -0.05) is 18.2 Å². The number of nitriles is 1. The van der Waals surface area contributed by atoms with Gasteiger partial charge in [0.25, 0.3) is 0 Å². The van der Waals surface area contributed by atoms with Gasteiger partial charge in [-0.25, -0.2) is 0 Å². The molecule has 62 valence electrons. The smallest absolute Gasteiger partial charge is 0.176 e. The molecule has 3 heteroatoms. The first kappa shape index (κ1) is 8.41. The van der Waals surface area contributed by atoms with Crippen molar-refractivity contribution in [2.24, 2.45) is 0 Å². The number of anilines is 1. The van der Waals surface area contributed by atoms with Gasteiger partial charge in [0.15, 0.2) is 6.19 Å². The second kappa shape index (κ2) is 5.03. The second-order valence-electron chi connectivity index (χ2n) is 2.33. The summed E-state index contributed by atoms with van der Waals surface area (Å²) in [6, 6.07) is 9.90. The maximum atomic E-state index is 8.17. The first-order valence-electron chi connectivity index (χ1n) is 3.84. The number of hydrogen-bond donors (Lipinski definition) is 2. The Hall–Kier alpha value is -1.69. The van der Waals surface area contributed by atoms with Gasteiger partial charge in [0.05, 0.1) is 0 Å². The van der Waals surface area contributed by atoms with Crippen LogP contribution in [0.25, 0.3) is 0 Å². The number of nitrogens with one attached hydrogen (secondary N) is 2. The number of para-hydroxylation sites is 1. The fourth-order valence-electron chi connectivity index (χ4n) is 0.881. The van der Waals surface area contributed by atoms with Crippen LogP contribution in [0.4, 0.5) is 5.69 Å². The molecule has 1 rings (SSSR count). The Kier molecular flexibility index (Phi) is 3.52. The minimum absolute atomic E-state index is 0.658. The van der Waals surface area contributed by atoms with E-state index in [-0.39, 0.29) is 0 Å². The lowest BCUT2D eigenvalue weighted by Crippen LogP contribution is -2.17. The van der Waals surface area contributed by atoms with Gasteiger partial charge in [-0.2, -0.15) is 5.26 Å². The van der Waals surface area contributed by atoms with Crippen LogP contribution in [-0.2, 0) is 0 Å². The standard InChI is InChI=1S/C9H11N3/c10-8-11-6-7-12-9-4-2-1-3-5-9/h1-5,11-12H,6-7H2. The van der Waals surface area contributed by atoms with E-state index < -0.39 is 0 Å². The Balaban J connectivity index is 2.21. The third-order valence-corrected chi connectivity index (χ3v) is 1.43. The van der Waals surface area contributed by atoms with Crippen molar-refractivity contribution in [1.29, 1.82) is 5.26 Å². The summed E-state index contributed by atoms with van der Waals surface area (Å²) in [6.45, 7) is 1.42. The van der Waals surface area contributed by atoms with E-state index >= 15 is 0 Å². The Bertz CT molecular complexity index is 250. The summed E-state index contributed by atoms with van der Waals surface area (Å²) in [5, 5.41) is 13.9. The van der Waals surface area contributed by atoms with E-state index in [2.05, 4.69) is 10.6 Å². The van der Waals surface area contributed by atoms with Gasteiger partial charge in [-0.05, 0) is 12.1 Å². The first-order chi connectivity index (χ1) is 5.93. The third kappa shape index (κ3) is 2.93. The summed E-state index contributed by atoms with van der Waals surface area (Å²) in [6.07, 6.45) is 1.86. The SMILES string of the molecule is N#CNCCNc1ccccc1. The van der Waals surface area contributed by atoms with Crippen LogP contribution < -0.4 is 10.6 Å². The molecule has 0 unspecified atom stereocenters. The number of hydrogen-bond acceptors (Lipinski definition) is 3. The van der Waals surface area contributed by atoms with Crippen molar-refractivity contribution in [3.8, 4) is 6.19 Å². The van der Waals surface area contributed by atoms with E-state index in [4.69, 9.17) is 5.26 Å². The summed E-state index contributed by atoms with van der Waals surface area (Å²) in [5.74, 6) is 0. The monoisotopic (exact) mass is 161 g/mol. The lowest BCUT2D eigenvalue weighted by atomic mass is 10.3. The van der Waals surface area contributed by atoms with E-state index in [1.165, 1.54) is 0 Å². The van der Waals surface area contributed by atoms with E-state index in [9.17, 15) is 0 Å². The lowest BCUT2D eigenvalue weighted by Gasteiger charge is -2.03. The van der Waals surface area contributed by atoms with E-state index in [0.29, 0.717) is 6.54 Å². The number of nitrogens with zero attached hydrogens (tertiary/aromatic N) is 1. The summed E-state index contributed by atoms with van der Waals surface area (Å²) in [4.78, 5) is 0. The molecule has 0 atom stereocenters. The maximum Gasteiger partial charge on any atom is 0.176 e. The van der Waals surface area contributed by atoms with Crippen molar-refractivity contribution < 1.29 is 0 Å². The van der Waals surface area contributed by atoms with Crippen LogP contribution in [-0.4, -0.2) is 13.1 Å². The molecule has 0 amide bonds. The molecule has 0 aliphatic carbocycles. The highest BCUT2D eigenvalue weighted by atomic mass is 14.9. The van der Waals surface area contributed by atoms with Crippen LogP contribution in [0.5, 0.6) is 0 Å². The molecule has 2 N–H and O–H groups in total. The van der Waals surface area contributed by atoms with E-state index in [1.807, 2.05) is 36.5 Å². The molecule has 0 heterocycles. The molecule has 0 radical (unpaired) electrons. The van der Waals surface area contributed by atoms with Crippen LogP contribution in [0.1, 0.15) is 0 Å². The molecule has 0 aliphatic heterocycles. The molecule has 0 aromatic heterocycles. The van der Waals surface area contributed by atoms with Gasteiger partial charge in [-0.15, -0.1) is 0 Å². The molecule has 0 saturated carbocycles. The minimum atomic E-state index is 0.658. The molecule has 0 bridgehead atoms. The summed E-state index contributed by atoms with van der Waals surface area (Å²) in [7, 11) is 0. The molecule has 0 saturated heterocycles. The van der Waals surface area contributed by atoms with Crippen LogP contribution in [0, 0.1) is 11.5 Å².